The number of hydrogen-bond acceptors (Lipinski definition) is 3. The highest BCUT2D eigenvalue weighted by Gasteiger charge is 2.23. The molecule has 2 heterocycles. The molecule has 10 aromatic carbocycles. The van der Waals surface area contributed by atoms with E-state index in [-0.39, 0.29) is 0 Å². The Morgan fingerprint density at radius 2 is 0.597 bits per heavy atom. The summed E-state index contributed by atoms with van der Waals surface area (Å²) in [6.45, 7) is 0. The molecule has 0 amide bonds. The first-order valence-electron chi connectivity index (χ1n) is 22.8. The number of rotatable bonds is 10. The van der Waals surface area contributed by atoms with Gasteiger partial charge in [0.05, 0.1) is 11.0 Å². The van der Waals surface area contributed by atoms with E-state index in [4.69, 9.17) is 4.98 Å². The average molecular weight is 857 g/mol. The van der Waals surface area contributed by atoms with E-state index in [1.54, 1.807) is 0 Å². The van der Waals surface area contributed by atoms with E-state index in [0.29, 0.717) is 0 Å². The molecule has 0 saturated carbocycles. The molecule has 4 nitrogen and oxygen atoms in total. The third kappa shape index (κ3) is 7.37. The predicted molar refractivity (Wildman–Crippen MR) is 281 cm³/mol. The number of fused-ring (bicyclic) bond motifs is 4. The van der Waals surface area contributed by atoms with Gasteiger partial charge < -0.3 is 9.80 Å². The normalized spacial score (nSPS) is 11.3. The molecule has 0 unspecified atom stereocenters. The van der Waals surface area contributed by atoms with Gasteiger partial charge in [-0.25, -0.2) is 4.98 Å². The number of anilines is 6. The lowest BCUT2D eigenvalue weighted by molar-refractivity contribution is 1.23. The van der Waals surface area contributed by atoms with Crippen molar-refractivity contribution in [2.75, 3.05) is 9.80 Å². The molecule has 0 atom stereocenters. The van der Waals surface area contributed by atoms with Crippen molar-refractivity contribution in [1.29, 1.82) is 0 Å². The highest BCUT2D eigenvalue weighted by molar-refractivity contribution is 6.20. The molecule has 0 fully saturated rings. The van der Waals surface area contributed by atoms with Crippen molar-refractivity contribution in [3.05, 3.63) is 267 Å². The van der Waals surface area contributed by atoms with Gasteiger partial charge in [-0.3, -0.25) is 4.40 Å². The molecule has 0 spiro atoms. The summed E-state index contributed by atoms with van der Waals surface area (Å²) in [5.41, 5.74) is 18.8. The smallest absolute Gasteiger partial charge is 0.137 e. The predicted octanol–water partition coefficient (Wildman–Crippen LogP) is 17.2. The van der Waals surface area contributed by atoms with E-state index in [1.807, 2.05) is 0 Å². The monoisotopic (exact) mass is 856 g/mol. The Morgan fingerprint density at radius 1 is 0.269 bits per heavy atom. The lowest BCUT2D eigenvalue weighted by Gasteiger charge is -2.26. The van der Waals surface area contributed by atoms with Crippen LogP contribution in [-0.4, -0.2) is 9.38 Å². The van der Waals surface area contributed by atoms with Crippen LogP contribution in [0.5, 0.6) is 0 Å². The highest BCUT2D eigenvalue weighted by Crippen LogP contribution is 2.46. The summed E-state index contributed by atoms with van der Waals surface area (Å²) in [7, 11) is 0. The topological polar surface area (TPSA) is 23.8 Å². The van der Waals surface area contributed by atoms with Crippen LogP contribution in [0.2, 0.25) is 0 Å². The van der Waals surface area contributed by atoms with Crippen molar-refractivity contribution in [3.8, 4) is 44.5 Å². The number of aromatic nitrogens is 2. The fraction of sp³-hybridized carbons (Fsp3) is 0. The standard InChI is InChI=1S/C63H44N4/c1-5-17-45(18-6-1)47-28-36-53(37-29-47)66(51-21-9-3-10-22-51)55-40-32-49(33-41-55)60-57-25-13-14-26-58(57)61(63-62(60)64-59-27-15-16-44-65(59)63)50-34-42-56(43-35-50)67(52-23-11-4-12-24-52)54-38-30-48(31-39-54)46-19-7-2-8-20-46/h1-44H. The fourth-order valence-electron chi connectivity index (χ4n) is 9.64. The van der Waals surface area contributed by atoms with Crippen LogP contribution in [0.3, 0.4) is 0 Å². The van der Waals surface area contributed by atoms with E-state index < -0.39 is 0 Å². The largest absolute Gasteiger partial charge is 0.311 e. The summed E-state index contributed by atoms with van der Waals surface area (Å²) in [5, 5.41) is 2.33. The summed E-state index contributed by atoms with van der Waals surface area (Å²) in [5.74, 6) is 0. The van der Waals surface area contributed by atoms with Gasteiger partial charge in [0.1, 0.15) is 5.65 Å². The minimum atomic E-state index is 0.909. The van der Waals surface area contributed by atoms with Crippen molar-refractivity contribution < 1.29 is 0 Å². The van der Waals surface area contributed by atoms with Gasteiger partial charge >= 0.3 is 0 Å². The van der Waals surface area contributed by atoms with Crippen LogP contribution in [0.4, 0.5) is 34.1 Å². The third-order valence-electron chi connectivity index (χ3n) is 12.8. The molecule has 316 valence electrons. The SMILES string of the molecule is c1ccc(-c2ccc(N(c3ccccc3)c3ccc(-c4c5ccccc5c(-c5ccc(N(c6ccccc6)c6ccc(-c7ccccc7)cc6)cc5)c5c4nc4ccccn45)cc3)cc2)cc1. The third-order valence-corrected chi connectivity index (χ3v) is 12.8. The summed E-state index contributed by atoms with van der Waals surface area (Å²) < 4.78 is 2.25. The highest BCUT2D eigenvalue weighted by atomic mass is 15.1. The van der Waals surface area contributed by atoms with E-state index in [2.05, 4.69) is 281 Å². The quantitative estimate of drug-likeness (QED) is 0.137. The minimum absolute atomic E-state index is 0.909. The second kappa shape index (κ2) is 17.2. The van der Waals surface area contributed by atoms with Gasteiger partial charge in [0.2, 0.25) is 0 Å². The van der Waals surface area contributed by atoms with Crippen LogP contribution in [0.15, 0.2) is 267 Å². The van der Waals surface area contributed by atoms with Crippen LogP contribution in [0.25, 0.3) is 72.0 Å². The number of para-hydroxylation sites is 2. The van der Waals surface area contributed by atoms with Crippen LogP contribution in [0.1, 0.15) is 0 Å². The molecule has 67 heavy (non-hydrogen) atoms. The lowest BCUT2D eigenvalue weighted by atomic mass is 9.90. The maximum Gasteiger partial charge on any atom is 0.137 e. The Labute approximate surface area is 390 Å². The molecule has 0 aliphatic rings. The summed E-state index contributed by atoms with van der Waals surface area (Å²) in [4.78, 5) is 10.1. The minimum Gasteiger partial charge on any atom is -0.311 e. The molecule has 12 aromatic rings. The van der Waals surface area contributed by atoms with Gasteiger partial charge in [-0.1, -0.05) is 176 Å². The molecule has 12 rings (SSSR count). The summed E-state index contributed by atoms with van der Waals surface area (Å²) >= 11 is 0. The average Bonchev–Trinajstić information content (AvgIpc) is 3.79. The van der Waals surface area contributed by atoms with E-state index in [1.165, 1.54) is 27.6 Å². The van der Waals surface area contributed by atoms with Crippen molar-refractivity contribution >= 4 is 61.6 Å². The lowest BCUT2D eigenvalue weighted by Crippen LogP contribution is -2.09. The Bertz CT molecular complexity index is 3630. The fourth-order valence-corrected chi connectivity index (χ4v) is 9.64. The van der Waals surface area contributed by atoms with Crippen molar-refractivity contribution in [2.24, 2.45) is 0 Å². The first kappa shape index (κ1) is 39.6. The molecule has 0 saturated heterocycles. The van der Waals surface area contributed by atoms with Crippen molar-refractivity contribution in [2.45, 2.75) is 0 Å². The Morgan fingerprint density at radius 3 is 1.04 bits per heavy atom. The second-order valence-electron chi connectivity index (χ2n) is 16.8. The van der Waals surface area contributed by atoms with Crippen LogP contribution >= 0.6 is 0 Å². The zero-order chi connectivity index (χ0) is 44.5. The first-order chi connectivity index (χ1) is 33.2. The van der Waals surface area contributed by atoms with Gasteiger partial charge in [-0.15, -0.1) is 0 Å². The molecular weight excluding hydrogens is 813 g/mol. The van der Waals surface area contributed by atoms with Gasteiger partial charge in [0, 0.05) is 51.4 Å². The first-order valence-corrected chi connectivity index (χ1v) is 22.8. The molecular formula is C63H44N4. The van der Waals surface area contributed by atoms with Gasteiger partial charge in [0.15, 0.2) is 0 Å². The van der Waals surface area contributed by atoms with E-state index in [0.717, 1.165) is 78.4 Å². The van der Waals surface area contributed by atoms with Crippen LogP contribution in [0, 0.1) is 0 Å². The number of benzene rings is 10. The summed E-state index contributed by atoms with van der Waals surface area (Å²) in [6, 6.07) is 93.1. The summed E-state index contributed by atoms with van der Waals surface area (Å²) in [6.07, 6.45) is 2.14. The number of imidazole rings is 1. The van der Waals surface area contributed by atoms with Crippen LogP contribution < -0.4 is 9.80 Å². The van der Waals surface area contributed by atoms with Crippen molar-refractivity contribution in [3.63, 3.8) is 0 Å². The Balaban J connectivity index is 0.964. The Hall–Kier alpha value is -8.99. The van der Waals surface area contributed by atoms with Crippen molar-refractivity contribution in [1.82, 2.24) is 9.38 Å². The van der Waals surface area contributed by atoms with Crippen LogP contribution in [-0.2, 0) is 0 Å². The zero-order valence-corrected chi connectivity index (χ0v) is 36.7. The van der Waals surface area contributed by atoms with Gasteiger partial charge in [0.25, 0.3) is 0 Å². The second-order valence-corrected chi connectivity index (χ2v) is 16.8. The van der Waals surface area contributed by atoms with Gasteiger partial charge in [-0.2, -0.15) is 0 Å². The molecule has 4 heteroatoms. The number of hydrogen-bond donors (Lipinski definition) is 0. The van der Waals surface area contributed by atoms with Gasteiger partial charge in [-0.05, 0) is 129 Å². The molecule has 2 aromatic heterocycles. The molecule has 0 aliphatic heterocycles. The van der Waals surface area contributed by atoms with E-state index >= 15 is 0 Å². The Kier molecular flexibility index (Phi) is 10.2. The number of pyridine rings is 1. The molecule has 0 N–H and O–H groups in total. The number of nitrogens with zero attached hydrogens (tertiary/aromatic N) is 4. The maximum atomic E-state index is 5.41. The maximum absolute atomic E-state index is 5.41. The molecule has 0 bridgehead atoms. The van der Waals surface area contributed by atoms with E-state index in [9.17, 15) is 0 Å². The molecule has 0 aliphatic carbocycles. The molecule has 0 radical (unpaired) electrons. The zero-order valence-electron chi connectivity index (χ0n) is 36.7.